The first-order chi connectivity index (χ1) is 18.6. The number of hydrogen-bond donors (Lipinski definition) is 0. The van der Waals surface area contributed by atoms with Crippen molar-refractivity contribution in [1.82, 2.24) is 19.8 Å². The summed E-state index contributed by atoms with van der Waals surface area (Å²) in [5.74, 6) is 0.340. The highest BCUT2D eigenvalue weighted by Gasteiger charge is 2.34. The van der Waals surface area contributed by atoms with Crippen LogP contribution in [-0.4, -0.2) is 63.4 Å². The highest BCUT2D eigenvalue weighted by Crippen LogP contribution is 2.31. The minimum atomic E-state index is -0.0982. The summed E-state index contributed by atoms with van der Waals surface area (Å²) in [6.45, 7) is 3.88. The van der Waals surface area contributed by atoms with Crippen molar-refractivity contribution >= 4 is 17.5 Å². The monoisotopic (exact) mass is 513 g/mol. The summed E-state index contributed by atoms with van der Waals surface area (Å²) in [4.78, 5) is 41.5. The van der Waals surface area contributed by atoms with E-state index in [1.807, 2.05) is 64.5 Å². The van der Waals surface area contributed by atoms with E-state index >= 15 is 0 Å². The number of para-hydroxylation sites is 1. The molecule has 0 N–H and O–H groups in total. The molecule has 5 rings (SSSR count). The summed E-state index contributed by atoms with van der Waals surface area (Å²) in [5, 5.41) is 0. The number of piperidine rings is 1. The molecule has 0 radical (unpaired) electrons. The molecule has 4 heterocycles. The number of aromatic nitrogens is 2. The van der Waals surface area contributed by atoms with Gasteiger partial charge in [0.1, 0.15) is 0 Å². The van der Waals surface area contributed by atoms with Gasteiger partial charge in [-0.05, 0) is 49.1 Å². The van der Waals surface area contributed by atoms with Gasteiger partial charge in [0.25, 0.3) is 5.91 Å². The van der Waals surface area contributed by atoms with Crippen LogP contribution >= 0.6 is 0 Å². The Bertz CT molecular complexity index is 1220. The maximum atomic E-state index is 13.6. The van der Waals surface area contributed by atoms with Crippen molar-refractivity contribution in [3.05, 3.63) is 84.3 Å². The minimum absolute atomic E-state index is 0.0108. The predicted molar refractivity (Wildman–Crippen MR) is 145 cm³/mol. The van der Waals surface area contributed by atoms with E-state index in [1.54, 1.807) is 19.2 Å². The second-order valence-corrected chi connectivity index (χ2v) is 10.1. The summed E-state index contributed by atoms with van der Waals surface area (Å²) < 4.78 is 5.76. The molecule has 0 aliphatic carbocycles. The summed E-state index contributed by atoms with van der Waals surface area (Å²) in [5.41, 5.74) is 2.85. The van der Waals surface area contributed by atoms with Crippen molar-refractivity contribution in [2.24, 2.45) is 0 Å². The summed E-state index contributed by atoms with van der Waals surface area (Å²) in [6, 6.07) is 19.8. The Morgan fingerprint density at radius 2 is 1.68 bits per heavy atom. The Labute approximate surface area is 224 Å². The normalized spacial score (nSPS) is 20.2. The number of fused-ring (bicyclic) bond motifs is 3. The highest BCUT2D eigenvalue weighted by atomic mass is 16.5. The first-order valence-electron chi connectivity index (χ1n) is 13.4. The van der Waals surface area contributed by atoms with Gasteiger partial charge >= 0.3 is 0 Å². The third-order valence-electron chi connectivity index (χ3n) is 7.56. The number of benzene rings is 1. The lowest BCUT2D eigenvalue weighted by molar-refractivity contribution is -0.135. The van der Waals surface area contributed by atoms with Gasteiger partial charge in [0, 0.05) is 69.3 Å². The average molecular weight is 514 g/mol. The van der Waals surface area contributed by atoms with Crippen LogP contribution in [0.2, 0.25) is 0 Å². The quantitative estimate of drug-likeness (QED) is 0.512. The number of anilines is 1. The molecular weight excluding hydrogens is 478 g/mol. The molecule has 198 valence electrons. The third kappa shape index (κ3) is 6.19. The van der Waals surface area contributed by atoms with Crippen LogP contribution in [0.25, 0.3) is 0 Å². The first kappa shape index (κ1) is 25.9. The van der Waals surface area contributed by atoms with Gasteiger partial charge < -0.3 is 14.5 Å². The number of nitrogens with zero attached hydrogens (tertiary/aromatic N) is 5. The second kappa shape index (κ2) is 12.2. The molecule has 2 amide bonds. The average Bonchev–Trinajstić information content (AvgIpc) is 2.95. The van der Waals surface area contributed by atoms with E-state index in [0.717, 1.165) is 49.2 Å². The van der Waals surface area contributed by atoms with Crippen LogP contribution in [0.3, 0.4) is 0 Å². The molecule has 2 aliphatic heterocycles. The zero-order valence-electron chi connectivity index (χ0n) is 21.9. The molecule has 1 fully saturated rings. The van der Waals surface area contributed by atoms with Gasteiger partial charge in [-0.15, -0.1) is 0 Å². The summed E-state index contributed by atoms with van der Waals surface area (Å²) >= 11 is 0. The molecule has 2 aliphatic rings. The van der Waals surface area contributed by atoms with Crippen LogP contribution in [0.1, 0.15) is 43.9 Å². The Hall–Kier alpha value is -3.78. The van der Waals surface area contributed by atoms with E-state index in [2.05, 4.69) is 20.9 Å². The minimum Gasteiger partial charge on any atom is -0.468 e. The fraction of sp³-hybridized carbons (Fsp3) is 0.400. The Kier molecular flexibility index (Phi) is 8.28. The first-order valence-corrected chi connectivity index (χ1v) is 13.4. The Balaban J connectivity index is 1.47. The fourth-order valence-electron chi connectivity index (χ4n) is 5.67. The van der Waals surface area contributed by atoms with Gasteiger partial charge in [-0.25, -0.2) is 4.98 Å². The van der Waals surface area contributed by atoms with Crippen molar-refractivity contribution in [3.63, 3.8) is 0 Å². The third-order valence-corrected chi connectivity index (χ3v) is 7.56. The molecule has 3 aromatic rings. The molecule has 0 spiro atoms. The molecule has 8 heteroatoms. The molecule has 1 saturated heterocycles. The van der Waals surface area contributed by atoms with E-state index in [0.29, 0.717) is 31.6 Å². The zero-order valence-corrected chi connectivity index (χ0v) is 21.9. The molecule has 2 unspecified atom stereocenters. The van der Waals surface area contributed by atoms with E-state index in [4.69, 9.17) is 4.74 Å². The zero-order chi connectivity index (χ0) is 26.3. The lowest BCUT2D eigenvalue weighted by Gasteiger charge is -2.44. The standard InChI is InChI=1S/C30H35N5O3/c1-23(36)34-18-15-26-11-8-12-27(35(26)20-25-10-4-6-16-31-25)21-33(19-24-9-2-3-13-28(24)34)30(37)22-38-29-14-5-7-17-32-29/h2-7,9-10,13-14,16-17,26-27H,8,11-12,15,18-22H2,1H3. The highest BCUT2D eigenvalue weighted by molar-refractivity contribution is 5.92. The number of hydrogen-bond acceptors (Lipinski definition) is 6. The van der Waals surface area contributed by atoms with Crippen LogP contribution in [0.5, 0.6) is 5.88 Å². The van der Waals surface area contributed by atoms with Crippen molar-refractivity contribution in [2.75, 3.05) is 24.6 Å². The number of rotatable bonds is 5. The molecule has 38 heavy (non-hydrogen) atoms. The largest absolute Gasteiger partial charge is 0.468 e. The van der Waals surface area contributed by atoms with Gasteiger partial charge in [0.05, 0.1) is 5.69 Å². The number of amides is 2. The topological polar surface area (TPSA) is 78.9 Å². The van der Waals surface area contributed by atoms with Crippen LogP contribution in [-0.2, 0) is 22.7 Å². The molecule has 2 aromatic heterocycles. The Morgan fingerprint density at radius 1 is 0.921 bits per heavy atom. The molecule has 0 saturated carbocycles. The van der Waals surface area contributed by atoms with Gasteiger partial charge in [0.2, 0.25) is 11.8 Å². The second-order valence-electron chi connectivity index (χ2n) is 10.1. The van der Waals surface area contributed by atoms with Crippen LogP contribution in [0.15, 0.2) is 73.1 Å². The predicted octanol–water partition coefficient (Wildman–Crippen LogP) is 4.06. The SMILES string of the molecule is CC(=O)N1CCC2CCCC(CN(C(=O)COc3ccccn3)Cc3ccccc31)N2Cc1ccccn1. The fourth-order valence-corrected chi connectivity index (χ4v) is 5.67. The number of ether oxygens (including phenoxy) is 1. The van der Waals surface area contributed by atoms with Crippen molar-refractivity contribution in [3.8, 4) is 5.88 Å². The molecule has 2 bridgehead atoms. The smallest absolute Gasteiger partial charge is 0.260 e. The van der Waals surface area contributed by atoms with E-state index in [9.17, 15) is 9.59 Å². The van der Waals surface area contributed by atoms with E-state index < -0.39 is 0 Å². The van der Waals surface area contributed by atoms with Crippen LogP contribution < -0.4 is 9.64 Å². The van der Waals surface area contributed by atoms with E-state index in [1.165, 1.54) is 0 Å². The molecular formula is C30H35N5O3. The van der Waals surface area contributed by atoms with Crippen molar-refractivity contribution < 1.29 is 14.3 Å². The van der Waals surface area contributed by atoms with Crippen LogP contribution in [0.4, 0.5) is 5.69 Å². The maximum absolute atomic E-state index is 13.6. The summed E-state index contributed by atoms with van der Waals surface area (Å²) in [7, 11) is 0. The van der Waals surface area contributed by atoms with Gasteiger partial charge in [-0.1, -0.05) is 36.8 Å². The molecule has 2 atom stereocenters. The maximum Gasteiger partial charge on any atom is 0.260 e. The Morgan fingerprint density at radius 3 is 2.45 bits per heavy atom. The number of carbonyl (C=O) groups is 2. The van der Waals surface area contributed by atoms with Crippen LogP contribution in [0, 0.1) is 0 Å². The lowest BCUT2D eigenvalue weighted by atomic mass is 9.92. The summed E-state index contributed by atoms with van der Waals surface area (Å²) in [6.07, 6.45) is 7.51. The number of carbonyl (C=O) groups excluding carboxylic acids is 2. The number of pyridine rings is 2. The van der Waals surface area contributed by atoms with Crippen molar-refractivity contribution in [1.29, 1.82) is 0 Å². The molecule has 8 nitrogen and oxygen atoms in total. The van der Waals surface area contributed by atoms with Crippen molar-refractivity contribution in [2.45, 2.75) is 57.8 Å². The van der Waals surface area contributed by atoms with Gasteiger partial charge in [-0.3, -0.25) is 19.5 Å². The van der Waals surface area contributed by atoms with Gasteiger partial charge in [-0.2, -0.15) is 0 Å². The van der Waals surface area contributed by atoms with Gasteiger partial charge in [0.15, 0.2) is 6.61 Å². The van der Waals surface area contributed by atoms with E-state index in [-0.39, 0.29) is 24.5 Å². The lowest BCUT2D eigenvalue weighted by Crippen LogP contribution is -2.52. The molecule has 1 aromatic carbocycles.